The van der Waals surface area contributed by atoms with Gasteiger partial charge in [0.2, 0.25) is 0 Å². The molecule has 2 aromatic heterocycles. The Kier molecular flexibility index (Phi) is 1.21. The number of nitrogens with one attached hydrogen (secondary N) is 2. The maximum Gasteiger partial charge on any atom is 0.114 e. The molecule has 0 atom stereocenters. The molecule has 0 aliphatic heterocycles. The summed E-state index contributed by atoms with van der Waals surface area (Å²) in [5.41, 5.74) is 9.51. The van der Waals surface area contributed by atoms with E-state index < -0.39 is 0 Å². The van der Waals surface area contributed by atoms with Crippen LogP contribution in [0, 0.1) is 6.92 Å². The third kappa shape index (κ3) is 0.797. The third-order valence-corrected chi connectivity index (χ3v) is 2.45. The Morgan fingerprint density at radius 1 is 1.43 bits per heavy atom. The summed E-state index contributed by atoms with van der Waals surface area (Å²) in [6.07, 6.45) is 1.88. The van der Waals surface area contributed by atoms with Crippen LogP contribution in [0.2, 0.25) is 0 Å². The summed E-state index contributed by atoms with van der Waals surface area (Å²) >= 11 is 0. The van der Waals surface area contributed by atoms with Crippen molar-refractivity contribution >= 4 is 27.6 Å². The van der Waals surface area contributed by atoms with Gasteiger partial charge in [0.05, 0.1) is 16.7 Å². The highest BCUT2D eigenvalue weighted by Crippen LogP contribution is 2.27. The van der Waals surface area contributed by atoms with Gasteiger partial charge < -0.3 is 15.7 Å². The van der Waals surface area contributed by atoms with Crippen molar-refractivity contribution in [2.45, 2.75) is 6.92 Å². The Balaban J connectivity index is 2.61. The van der Waals surface area contributed by atoms with Crippen molar-refractivity contribution in [2.24, 2.45) is 0 Å². The maximum absolute atomic E-state index is 6.00. The fourth-order valence-electron chi connectivity index (χ4n) is 1.83. The van der Waals surface area contributed by atoms with Crippen LogP contribution < -0.4 is 5.73 Å². The van der Waals surface area contributed by atoms with Gasteiger partial charge in [-0.05, 0) is 19.1 Å². The predicted molar refractivity (Wildman–Crippen MR) is 57.1 cm³/mol. The van der Waals surface area contributed by atoms with E-state index in [0.717, 1.165) is 27.8 Å². The lowest BCUT2D eigenvalue weighted by atomic mass is 10.2. The van der Waals surface area contributed by atoms with Crippen molar-refractivity contribution in [3.63, 3.8) is 0 Å². The zero-order valence-corrected chi connectivity index (χ0v) is 7.76. The molecule has 3 aromatic rings. The van der Waals surface area contributed by atoms with Crippen LogP contribution in [0.25, 0.3) is 21.9 Å². The van der Waals surface area contributed by atoms with Crippen LogP contribution in [-0.4, -0.2) is 15.0 Å². The summed E-state index contributed by atoms with van der Waals surface area (Å²) in [5, 5.41) is 1.11. The number of hydrogen-bond donors (Lipinski definition) is 3. The molecule has 0 amide bonds. The number of aryl methyl sites for hydroxylation is 1. The third-order valence-electron chi connectivity index (χ3n) is 2.45. The number of rotatable bonds is 0. The van der Waals surface area contributed by atoms with Gasteiger partial charge in [-0.25, -0.2) is 4.98 Å². The number of aromatic nitrogens is 3. The smallest absolute Gasteiger partial charge is 0.114 e. The minimum Gasteiger partial charge on any atom is -0.395 e. The first-order valence-electron chi connectivity index (χ1n) is 4.47. The van der Waals surface area contributed by atoms with Crippen LogP contribution in [0.1, 0.15) is 5.82 Å². The Bertz CT molecular complexity index is 617. The Morgan fingerprint density at radius 3 is 3.14 bits per heavy atom. The number of benzene rings is 1. The van der Waals surface area contributed by atoms with Gasteiger partial charge in [0.25, 0.3) is 0 Å². The number of nitrogens with two attached hydrogens (primary N) is 1. The molecule has 4 N–H and O–H groups in total. The first kappa shape index (κ1) is 7.44. The van der Waals surface area contributed by atoms with E-state index >= 15 is 0 Å². The number of hydrogen-bond acceptors (Lipinski definition) is 2. The number of nitrogen functional groups attached to an aromatic ring is 1. The SMILES string of the molecule is Cc1nc2c(N)c3[nH]ccc3cc2[nH]1. The van der Waals surface area contributed by atoms with Crippen LogP contribution in [-0.2, 0) is 0 Å². The average molecular weight is 186 g/mol. The predicted octanol–water partition coefficient (Wildman–Crippen LogP) is 1.93. The van der Waals surface area contributed by atoms with Crippen LogP contribution >= 0.6 is 0 Å². The molecule has 0 saturated carbocycles. The molecular weight excluding hydrogens is 176 g/mol. The molecular formula is C10H10N4. The van der Waals surface area contributed by atoms with Crippen molar-refractivity contribution in [3.05, 3.63) is 24.2 Å². The second kappa shape index (κ2) is 2.29. The summed E-state index contributed by atoms with van der Waals surface area (Å²) in [6, 6.07) is 4.05. The second-order valence-electron chi connectivity index (χ2n) is 3.45. The molecule has 0 aliphatic rings. The van der Waals surface area contributed by atoms with Crippen molar-refractivity contribution in [1.29, 1.82) is 0 Å². The molecule has 0 radical (unpaired) electrons. The number of fused-ring (bicyclic) bond motifs is 2. The van der Waals surface area contributed by atoms with Gasteiger partial charge in [-0.2, -0.15) is 0 Å². The highest BCUT2D eigenvalue weighted by molar-refractivity contribution is 6.05. The molecule has 3 rings (SSSR count). The number of nitrogens with zero attached hydrogens (tertiary/aromatic N) is 1. The van der Waals surface area contributed by atoms with Crippen molar-refractivity contribution in [1.82, 2.24) is 15.0 Å². The van der Waals surface area contributed by atoms with E-state index in [4.69, 9.17) is 5.73 Å². The summed E-state index contributed by atoms with van der Waals surface area (Å²) in [6.45, 7) is 1.92. The minimum absolute atomic E-state index is 0.715. The Labute approximate surface area is 80.1 Å². The summed E-state index contributed by atoms with van der Waals surface area (Å²) in [5.74, 6) is 0.888. The van der Waals surface area contributed by atoms with E-state index in [1.54, 1.807) is 0 Å². The van der Waals surface area contributed by atoms with Crippen molar-refractivity contribution in [2.75, 3.05) is 5.73 Å². The van der Waals surface area contributed by atoms with E-state index in [0.29, 0.717) is 5.69 Å². The lowest BCUT2D eigenvalue weighted by Gasteiger charge is -1.97. The molecule has 0 saturated heterocycles. The summed E-state index contributed by atoms with van der Waals surface area (Å²) in [4.78, 5) is 10.6. The van der Waals surface area contributed by atoms with E-state index in [1.807, 2.05) is 19.2 Å². The van der Waals surface area contributed by atoms with Crippen molar-refractivity contribution < 1.29 is 0 Å². The van der Waals surface area contributed by atoms with Crippen LogP contribution in [0.3, 0.4) is 0 Å². The zero-order valence-electron chi connectivity index (χ0n) is 7.76. The largest absolute Gasteiger partial charge is 0.395 e. The molecule has 0 fully saturated rings. The van der Waals surface area contributed by atoms with Gasteiger partial charge in [0, 0.05) is 11.6 Å². The molecule has 14 heavy (non-hydrogen) atoms. The van der Waals surface area contributed by atoms with Crippen LogP contribution in [0.5, 0.6) is 0 Å². The molecule has 0 spiro atoms. The molecule has 0 aliphatic carbocycles. The monoisotopic (exact) mass is 186 g/mol. The van der Waals surface area contributed by atoms with Crippen molar-refractivity contribution in [3.8, 4) is 0 Å². The standard InChI is InChI=1S/C10H10N4/c1-5-13-7-4-6-2-3-12-9(6)8(11)10(7)14-5/h2-4,12H,11H2,1H3,(H,13,14). The average Bonchev–Trinajstić information content (AvgIpc) is 2.71. The first-order valence-corrected chi connectivity index (χ1v) is 4.47. The van der Waals surface area contributed by atoms with E-state index in [2.05, 4.69) is 21.0 Å². The number of H-pyrrole nitrogens is 2. The molecule has 70 valence electrons. The summed E-state index contributed by atoms with van der Waals surface area (Å²) < 4.78 is 0. The molecule has 1 aromatic carbocycles. The Morgan fingerprint density at radius 2 is 2.29 bits per heavy atom. The topological polar surface area (TPSA) is 70.5 Å². The van der Waals surface area contributed by atoms with Gasteiger partial charge in [-0.15, -0.1) is 0 Å². The van der Waals surface area contributed by atoms with Gasteiger partial charge >= 0.3 is 0 Å². The number of anilines is 1. The second-order valence-corrected chi connectivity index (χ2v) is 3.45. The highest BCUT2D eigenvalue weighted by atomic mass is 14.9. The van der Waals surface area contributed by atoms with E-state index in [-0.39, 0.29) is 0 Å². The molecule has 4 nitrogen and oxygen atoms in total. The van der Waals surface area contributed by atoms with E-state index in [1.165, 1.54) is 0 Å². The first-order chi connectivity index (χ1) is 6.75. The molecule has 4 heteroatoms. The normalized spacial score (nSPS) is 11.5. The van der Waals surface area contributed by atoms with Gasteiger partial charge in [-0.3, -0.25) is 0 Å². The fraction of sp³-hybridized carbons (Fsp3) is 0.100. The Hall–Kier alpha value is -1.97. The zero-order chi connectivity index (χ0) is 9.71. The van der Waals surface area contributed by atoms with E-state index in [9.17, 15) is 0 Å². The van der Waals surface area contributed by atoms with Gasteiger partial charge in [-0.1, -0.05) is 0 Å². The molecule has 0 bridgehead atoms. The molecule has 2 heterocycles. The van der Waals surface area contributed by atoms with Gasteiger partial charge in [0.1, 0.15) is 11.3 Å². The molecule has 0 unspecified atom stereocenters. The quantitative estimate of drug-likeness (QED) is 0.469. The summed E-state index contributed by atoms with van der Waals surface area (Å²) in [7, 11) is 0. The maximum atomic E-state index is 6.00. The fourth-order valence-corrected chi connectivity index (χ4v) is 1.83. The van der Waals surface area contributed by atoms with Crippen LogP contribution in [0.4, 0.5) is 5.69 Å². The van der Waals surface area contributed by atoms with Gasteiger partial charge in [0.15, 0.2) is 0 Å². The van der Waals surface area contributed by atoms with Crippen LogP contribution in [0.15, 0.2) is 18.3 Å². The highest BCUT2D eigenvalue weighted by Gasteiger charge is 2.08. The number of aromatic amines is 2. The minimum atomic E-state index is 0.715. The number of imidazole rings is 1. The lowest BCUT2D eigenvalue weighted by Crippen LogP contribution is -1.88. The lowest BCUT2D eigenvalue weighted by molar-refractivity contribution is 1.17.